The van der Waals surface area contributed by atoms with Crippen molar-refractivity contribution in [2.45, 2.75) is 31.7 Å². The van der Waals surface area contributed by atoms with Crippen molar-refractivity contribution in [2.24, 2.45) is 5.92 Å². The first-order valence-electron chi connectivity index (χ1n) is 4.74. The molecule has 1 N–H and O–H groups in total. The van der Waals surface area contributed by atoms with Gasteiger partial charge in [0.05, 0.1) is 12.6 Å². The van der Waals surface area contributed by atoms with Crippen LogP contribution in [0.1, 0.15) is 25.7 Å². The van der Waals surface area contributed by atoms with Crippen LogP contribution in [-0.2, 0) is 9.53 Å². The van der Waals surface area contributed by atoms with Crippen molar-refractivity contribution in [3.63, 3.8) is 0 Å². The van der Waals surface area contributed by atoms with E-state index in [1.54, 1.807) is 0 Å². The Morgan fingerprint density at radius 2 is 2.17 bits per heavy atom. The van der Waals surface area contributed by atoms with Crippen molar-refractivity contribution in [3.8, 4) is 0 Å². The van der Waals surface area contributed by atoms with Crippen molar-refractivity contribution in [1.82, 2.24) is 5.32 Å². The fourth-order valence-corrected chi connectivity index (χ4v) is 1.52. The first-order valence-corrected chi connectivity index (χ1v) is 4.74. The predicted octanol–water partition coefficient (Wildman–Crippen LogP) is 0.692. The maximum Gasteiger partial charge on any atom is 0.223 e. The lowest BCUT2D eigenvalue weighted by molar-refractivity contribution is -0.123. The van der Waals surface area contributed by atoms with Gasteiger partial charge in [0, 0.05) is 12.5 Å². The summed E-state index contributed by atoms with van der Waals surface area (Å²) in [7, 11) is 0. The zero-order valence-corrected chi connectivity index (χ0v) is 7.21. The minimum Gasteiger partial charge on any atom is -0.379 e. The molecule has 3 heteroatoms. The number of carbonyl (C=O) groups excluding carboxylic acids is 1. The van der Waals surface area contributed by atoms with Crippen molar-refractivity contribution in [3.05, 3.63) is 0 Å². The third-order valence-corrected chi connectivity index (χ3v) is 2.45. The number of rotatable bonds is 2. The topological polar surface area (TPSA) is 38.3 Å². The van der Waals surface area contributed by atoms with Gasteiger partial charge in [-0.3, -0.25) is 4.79 Å². The Bertz CT molecular complexity index is 171. The molecule has 1 heterocycles. The fraction of sp³-hybridized carbons (Fsp3) is 0.889. The Hall–Kier alpha value is -0.570. The molecule has 12 heavy (non-hydrogen) atoms. The Morgan fingerprint density at radius 1 is 1.33 bits per heavy atom. The summed E-state index contributed by atoms with van der Waals surface area (Å²) in [6.07, 6.45) is 4.33. The average molecular weight is 169 g/mol. The van der Waals surface area contributed by atoms with Crippen molar-refractivity contribution in [1.29, 1.82) is 0 Å². The van der Waals surface area contributed by atoms with Gasteiger partial charge in [-0.15, -0.1) is 0 Å². The molecule has 2 aliphatic rings. The minimum atomic E-state index is 0.241. The normalized spacial score (nSPS) is 29.8. The molecule has 0 aromatic rings. The Balaban J connectivity index is 1.73. The number of hydrogen-bond donors (Lipinski definition) is 1. The van der Waals surface area contributed by atoms with E-state index >= 15 is 0 Å². The molecular weight excluding hydrogens is 154 g/mol. The molecule has 1 aliphatic carbocycles. The lowest BCUT2D eigenvalue weighted by Crippen LogP contribution is -2.41. The van der Waals surface area contributed by atoms with E-state index in [2.05, 4.69) is 5.32 Å². The van der Waals surface area contributed by atoms with Crippen LogP contribution in [0, 0.1) is 5.92 Å². The molecule has 1 unspecified atom stereocenters. The van der Waals surface area contributed by atoms with Crippen molar-refractivity contribution >= 4 is 5.91 Å². The Labute approximate surface area is 72.5 Å². The van der Waals surface area contributed by atoms with Gasteiger partial charge in [0.25, 0.3) is 0 Å². The van der Waals surface area contributed by atoms with E-state index in [-0.39, 0.29) is 11.9 Å². The van der Waals surface area contributed by atoms with E-state index in [4.69, 9.17) is 4.74 Å². The van der Waals surface area contributed by atoms with E-state index < -0.39 is 0 Å². The standard InChI is InChI=1S/C9H15NO2/c11-9(7-3-4-7)10-8-2-1-5-12-6-8/h7-8H,1-6H2,(H,10,11). The largest absolute Gasteiger partial charge is 0.379 e. The molecule has 0 aromatic carbocycles. The first-order chi connectivity index (χ1) is 5.86. The predicted molar refractivity (Wildman–Crippen MR) is 44.7 cm³/mol. The van der Waals surface area contributed by atoms with Crippen LogP contribution in [0.15, 0.2) is 0 Å². The summed E-state index contributed by atoms with van der Waals surface area (Å²) in [5.41, 5.74) is 0. The molecule has 2 fully saturated rings. The first kappa shape index (κ1) is 8.05. The maximum atomic E-state index is 11.3. The van der Waals surface area contributed by atoms with Crippen LogP contribution in [-0.4, -0.2) is 25.2 Å². The SMILES string of the molecule is O=C(NC1CCCOC1)C1CC1. The molecule has 0 spiro atoms. The molecule has 1 aliphatic heterocycles. The van der Waals surface area contributed by atoms with Gasteiger partial charge in [0.15, 0.2) is 0 Å². The summed E-state index contributed by atoms with van der Waals surface area (Å²) in [6, 6.07) is 0.284. The monoisotopic (exact) mass is 169 g/mol. The van der Waals surface area contributed by atoms with Crippen LogP contribution in [0.2, 0.25) is 0 Å². The molecule has 0 radical (unpaired) electrons. The zero-order chi connectivity index (χ0) is 8.39. The Morgan fingerprint density at radius 3 is 2.75 bits per heavy atom. The Kier molecular flexibility index (Phi) is 2.30. The minimum absolute atomic E-state index is 0.241. The van der Waals surface area contributed by atoms with Crippen LogP contribution >= 0.6 is 0 Å². The van der Waals surface area contributed by atoms with E-state index in [1.165, 1.54) is 0 Å². The smallest absolute Gasteiger partial charge is 0.223 e. The van der Waals surface area contributed by atoms with E-state index in [9.17, 15) is 4.79 Å². The third-order valence-electron chi connectivity index (χ3n) is 2.45. The highest BCUT2D eigenvalue weighted by molar-refractivity contribution is 5.81. The van der Waals surface area contributed by atoms with E-state index in [0.29, 0.717) is 12.5 Å². The quantitative estimate of drug-likeness (QED) is 0.660. The second-order valence-electron chi connectivity index (χ2n) is 3.70. The summed E-state index contributed by atoms with van der Waals surface area (Å²) in [4.78, 5) is 11.3. The van der Waals surface area contributed by atoms with Crippen molar-refractivity contribution < 1.29 is 9.53 Å². The molecule has 68 valence electrons. The molecular formula is C9H15NO2. The highest BCUT2D eigenvalue weighted by atomic mass is 16.5. The molecule has 1 amide bonds. The van der Waals surface area contributed by atoms with Crippen LogP contribution in [0.25, 0.3) is 0 Å². The number of ether oxygens (including phenoxy) is 1. The molecule has 0 aromatic heterocycles. The van der Waals surface area contributed by atoms with Crippen LogP contribution in [0.4, 0.5) is 0 Å². The highest BCUT2D eigenvalue weighted by Crippen LogP contribution is 2.29. The second kappa shape index (κ2) is 3.44. The van der Waals surface area contributed by atoms with Gasteiger partial charge in [-0.2, -0.15) is 0 Å². The van der Waals surface area contributed by atoms with Crippen molar-refractivity contribution in [2.75, 3.05) is 13.2 Å². The molecule has 2 rings (SSSR count). The molecule has 3 nitrogen and oxygen atoms in total. The number of nitrogens with one attached hydrogen (secondary N) is 1. The van der Waals surface area contributed by atoms with Gasteiger partial charge < -0.3 is 10.1 Å². The number of carbonyl (C=O) groups is 1. The van der Waals surface area contributed by atoms with Gasteiger partial charge >= 0.3 is 0 Å². The third kappa shape index (κ3) is 1.97. The number of amides is 1. The average Bonchev–Trinajstić information content (AvgIpc) is 2.88. The zero-order valence-electron chi connectivity index (χ0n) is 7.21. The second-order valence-corrected chi connectivity index (χ2v) is 3.70. The summed E-state index contributed by atoms with van der Waals surface area (Å²) in [5, 5.41) is 3.02. The summed E-state index contributed by atoms with van der Waals surface area (Å²) in [6.45, 7) is 1.56. The molecule has 1 saturated heterocycles. The lowest BCUT2D eigenvalue weighted by atomic mass is 10.1. The van der Waals surface area contributed by atoms with Crippen LogP contribution in [0.3, 0.4) is 0 Å². The van der Waals surface area contributed by atoms with Gasteiger partial charge in [0.2, 0.25) is 5.91 Å². The molecule has 1 saturated carbocycles. The van der Waals surface area contributed by atoms with E-state index in [0.717, 1.165) is 32.3 Å². The van der Waals surface area contributed by atoms with Gasteiger partial charge in [-0.05, 0) is 25.7 Å². The van der Waals surface area contributed by atoms with Gasteiger partial charge in [0.1, 0.15) is 0 Å². The molecule has 0 bridgehead atoms. The van der Waals surface area contributed by atoms with Crippen LogP contribution in [0.5, 0.6) is 0 Å². The fourth-order valence-electron chi connectivity index (χ4n) is 1.52. The lowest BCUT2D eigenvalue weighted by Gasteiger charge is -2.22. The highest BCUT2D eigenvalue weighted by Gasteiger charge is 2.31. The van der Waals surface area contributed by atoms with E-state index in [1.807, 2.05) is 0 Å². The summed E-state index contributed by atoms with van der Waals surface area (Å²) < 4.78 is 5.27. The van der Waals surface area contributed by atoms with Gasteiger partial charge in [-0.25, -0.2) is 0 Å². The number of hydrogen-bond acceptors (Lipinski definition) is 2. The maximum absolute atomic E-state index is 11.3. The summed E-state index contributed by atoms with van der Waals surface area (Å²) >= 11 is 0. The van der Waals surface area contributed by atoms with Gasteiger partial charge in [-0.1, -0.05) is 0 Å². The van der Waals surface area contributed by atoms with Crippen LogP contribution < -0.4 is 5.32 Å². The molecule has 1 atom stereocenters. The summed E-state index contributed by atoms with van der Waals surface area (Å²) in [5.74, 6) is 0.567.